The number of sulfonamides is 1. The van der Waals surface area contributed by atoms with Crippen LogP contribution in [0.1, 0.15) is 49.3 Å². The Hall–Kier alpha value is -4.06. The fraction of sp³-hybridized carbons (Fsp3) is 0.375. The maximum Gasteiger partial charge on any atom is 0.416 e. The maximum atomic E-state index is 14.0. The normalized spacial score (nSPS) is 14.6. The van der Waals surface area contributed by atoms with E-state index >= 15 is 0 Å². The van der Waals surface area contributed by atoms with Crippen LogP contribution in [0.15, 0.2) is 77.7 Å². The van der Waals surface area contributed by atoms with Gasteiger partial charge in [-0.15, -0.1) is 0 Å². The zero-order valence-electron chi connectivity index (χ0n) is 24.8. The Labute approximate surface area is 255 Å². The molecule has 12 heteroatoms. The van der Waals surface area contributed by atoms with Gasteiger partial charge in [-0.25, -0.2) is 8.42 Å². The van der Waals surface area contributed by atoms with E-state index in [1.54, 1.807) is 50.2 Å². The largest absolute Gasteiger partial charge is 0.497 e. The predicted octanol–water partition coefficient (Wildman–Crippen LogP) is 5.69. The van der Waals surface area contributed by atoms with Crippen LogP contribution in [-0.2, 0) is 32.3 Å². The number of carbonyl (C=O) groups is 2. The Kier molecular flexibility index (Phi) is 10.2. The summed E-state index contributed by atoms with van der Waals surface area (Å²) in [5.74, 6) is -0.577. The van der Waals surface area contributed by atoms with Gasteiger partial charge in [0.2, 0.25) is 11.8 Å². The number of aryl methyl sites for hydroxylation is 1. The van der Waals surface area contributed by atoms with Crippen molar-refractivity contribution in [2.45, 2.75) is 69.2 Å². The second kappa shape index (κ2) is 13.7. The molecule has 0 heterocycles. The summed E-state index contributed by atoms with van der Waals surface area (Å²) in [6.45, 7) is 2.42. The summed E-state index contributed by atoms with van der Waals surface area (Å²) in [6.07, 6.45) is -1.13. The highest BCUT2D eigenvalue weighted by Crippen LogP contribution is 2.33. The van der Waals surface area contributed by atoms with E-state index in [0.717, 1.165) is 43.4 Å². The van der Waals surface area contributed by atoms with Crippen LogP contribution >= 0.6 is 0 Å². The number of rotatable bonds is 11. The van der Waals surface area contributed by atoms with Gasteiger partial charge < -0.3 is 15.0 Å². The minimum absolute atomic E-state index is 0.0218. The van der Waals surface area contributed by atoms with E-state index in [4.69, 9.17) is 4.74 Å². The molecular weight excluding hydrogens is 595 g/mol. The molecule has 1 saturated carbocycles. The number of anilines is 1. The lowest BCUT2D eigenvalue weighted by molar-refractivity contribution is -0.139. The first-order valence-corrected chi connectivity index (χ1v) is 15.7. The molecule has 4 rings (SSSR count). The molecular formula is C32H36F3N3O5S. The van der Waals surface area contributed by atoms with Gasteiger partial charge in [0, 0.05) is 12.6 Å². The molecule has 0 unspecified atom stereocenters. The van der Waals surface area contributed by atoms with E-state index in [-0.39, 0.29) is 23.2 Å². The summed E-state index contributed by atoms with van der Waals surface area (Å²) >= 11 is 0. The Balaban J connectivity index is 1.73. The van der Waals surface area contributed by atoms with Gasteiger partial charge in [-0.2, -0.15) is 13.2 Å². The van der Waals surface area contributed by atoms with Crippen LogP contribution in [0.2, 0.25) is 0 Å². The molecule has 3 aromatic rings. The van der Waals surface area contributed by atoms with Crippen molar-refractivity contribution in [3.63, 3.8) is 0 Å². The average molecular weight is 632 g/mol. The van der Waals surface area contributed by atoms with Crippen molar-refractivity contribution in [1.29, 1.82) is 0 Å². The molecule has 2 amide bonds. The van der Waals surface area contributed by atoms with Gasteiger partial charge in [0.15, 0.2) is 0 Å². The number of nitrogens with one attached hydrogen (secondary N) is 1. The summed E-state index contributed by atoms with van der Waals surface area (Å²) in [5.41, 5.74) is 0.0252. The van der Waals surface area contributed by atoms with Gasteiger partial charge in [0.05, 0.1) is 23.3 Å². The molecule has 1 aliphatic carbocycles. The molecule has 1 atom stereocenters. The van der Waals surface area contributed by atoms with Gasteiger partial charge >= 0.3 is 6.18 Å². The van der Waals surface area contributed by atoms with Crippen LogP contribution in [-0.4, -0.2) is 50.9 Å². The van der Waals surface area contributed by atoms with E-state index in [0.29, 0.717) is 21.7 Å². The minimum Gasteiger partial charge on any atom is -0.497 e. The number of halogens is 3. The van der Waals surface area contributed by atoms with Crippen LogP contribution in [0.4, 0.5) is 18.9 Å². The summed E-state index contributed by atoms with van der Waals surface area (Å²) in [5, 5.41) is 2.98. The Morgan fingerprint density at radius 1 is 1.00 bits per heavy atom. The molecule has 1 fully saturated rings. The van der Waals surface area contributed by atoms with Crippen LogP contribution in [0, 0.1) is 6.92 Å². The van der Waals surface area contributed by atoms with E-state index in [2.05, 4.69) is 5.32 Å². The van der Waals surface area contributed by atoms with E-state index in [1.807, 2.05) is 0 Å². The number of benzene rings is 3. The van der Waals surface area contributed by atoms with Crippen molar-refractivity contribution in [2.24, 2.45) is 0 Å². The van der Waals surface area contributed by atoms with E-state index in [9.17, 15) is 31.2 Å². The molecule has 44 heavy (non-hydrogen) atoms. The molecule has 3 aromatic carbocycles. The molecule has 0 spiro atoms. The lowest BCUT2D eigenvalue weighted by Gasteiger charge is -2.32. The van der Waals surface area contributed by atoms with Crippen LogP contribution in [0.5, 0.6) is 5.75 Å². The first-order chi connectivity index (χ1) is 20.8. The Morgan fingerprint density at radius 2 is 1.64 bits per heavy atom. The molecule has 236 valence electrons. The summed E-state index contributed by atoms with van der Waals surface area (Å²) in [6, 6.07) is 15.4. The number of ether oxygens (including phenoxy) is 1. The van der Waals surface area contributed by atoms with Crippen LogP contribution < -0.4 is 14.4 Å². The SMILES string of the molecule is COc1ccc(CN(C(=O)CN(c2cccc(C(F)(F)F)c2)S(=O)(=O)c2ccc(C)cc2)[C@H](C)C(=O)NC2CCCC2)cc1. The number of hydrogen-bond donors (Lipinski definition) is 1. The second-order valence-electron chi connectivity index (χ2n) is 10.9. The molecule has 1 aliphatic rings. The highest BCUT2D eigenvalue weighted by atomic mass is 32.2. The van der Waals surface area contributed by atoms with Crippen LogP contribution in [0.3, 0.4) is 0 Å². The van der Waals surface area contributed by atoms with Gasteiger partial charge in [-0.1, -0.05) is 48.7 Å². The zero-order valence-corrected chi connectivity index (χ0v) is 25.6. The summed E-state index contributed by atoms with van der Waals surface area (Å²) < 4.78 is 74.6. The lowest BCUT2D eigenvalue weighted by Crippen LogP contribution is -2.52. The molecule has 1 N–H and O–H groups in total. The smallest absolute Gasteiger partial charge is 0.416 e. The molecule has 0 aliphatic heterocycles. The number of nitrogens with zero attached hydrogens (tertiary/aromatic N) is 2. The lowest BCUT2D eigenvalue weighted by atomic mass is 10.1. The molecule has 0 bridgehead atoms. The first kappa shape index (κ1) is 32.8. The third kappa shape index (κ3) is 7.90. The fourth-order valence-corrected chi connectivity index (χ4v) is 6.51. The summed E-state index contributed by atoms with van der Waals surface area (Å²) in [4.78, 5) is 28.4. The average Bonchev–Trinajstić information content (AvgIpc) is 3.51. The predicted molar refractivity (Wildman–Crippen MR) is 161 cm³/mol. The molecule has 8 nitrogen and oxygen atoms in total. The first-order valence-electron chi connectivity index (χ1n) is 14.3. The highest BCUT2D eigenvalue weighted by Gasteiger charge is 2.35. The monoisotopic (exact) mass is 631 g/mol. The maximum absolute atomic E-state index is 14.0. The standard InChI is InChI=1S/C32H36F3N3O5S/c1-22-11-17-29(18-12-22)44(41,42)38(27-10-6-7-25(19-27)32(33,34)35)21-30(39)37(20-24-13-15-28(43-3)16-14-24)23(2)31(40)36-26-8-4-5-9-26/h6-7,10-19,23,26H,4-5,8-9,20-21H2,1-3H3,(H,36,40)/t23-/m1/s1. The molecule has 0 saturated heterocycles. The van der Waals surface area contributed by atoms with Gasteiger partial charge in [0.25, 0.3) is 10.0 Å². The highest BCUT2D eigenvalue weighted by molar-refractivity contribution is 7.92. The number of hydrogen-bond acceptors (Lipinski definition) is 5. The van der Waals surface area contributed by atoms with E-state index in [1.165, 1.54) is 30.2 Å². The Morgan fingerprint density at radius 3 is 2.23 bits per heavy atom. The van der Waals surface area contributed by atoms with Crippen LogP contribution in [0.25, 0.3) is 0 Å². The topological polar surface area (TPSA) is 96.0 Å². The molecule has 0 radical (unpaired) electrons. The zero-order chi connectivity index (χ0) is 32.1. The van der Waals surface area contributed by atoms with Crippen molar-refractivity contribution in [3.05, 3.63) is 89.5 Å². The van der Waals surface area contributed by atoms with Gasteiger partial charge in [0.1, 0.15) is 18.3 Å². The third-order valence-electron chi connectivity index (χ3n) is 7.73. The number of carbonyl (C=O) groups excluding carboxylic acids is 2. The summed E-state index contributed by atoms with van der Waals surface area (Å²) in [7, 11) is -3.00. The third-order valence-corrected chi connectivity index (χ3v) is 9.52. The number of methoxy groups -OCH3 is 1. The van der Waals surface area contributed by atoms with Crippen molar-refractivity contribution in [3.8, 4) is 5.75 Å². The van der Waals surface area contributed by atoms with Crippen molar-refractivity contribution >= 4 is 27.5 Å². The van der Waals surface area contributed by atoms with Gasteiger partial charge in [-0.3, -0.25) is 13.9 Å². The minimum atomic E-state index is -4.74. The van der Waals surface area contributed by atoms with Crippen molar-refractivity contribution < 1.29 is 35.9 Å². The Bertz CT molecular complexity index is 1560. The second-order valence-corrected chi connectivity index (χ2v) is 12.8. The number of alkyl halides is 3. The molecule has 0 aromatic heterocycles. The quantitative estimate of drug-likeness (QED) is 0.293. The fourth-order valence-electron chi connectivity index (χ4n) is 5.11. The number of amides is 2. The van der Waals surface area contributed by atoms with E-state index < -0.39 is 46.2 Å². The van der Waals surface area contributed by atoms with Crippen molar-refractivity contribution in [2.75, 3.05) is 18.0 Å². The van der Waals surface area contributed by atoms with Crippen molar-refractivity contribution in [1.82, 2.24) is 10.2 Å². The van der Waals surface area contributed by atoms with Gasteiger partial charge in [-0.05, 0) is 74.7 Å².